The lowest BCUT2D eigenvalue weighted by Gasteiger charge is -2.12. The fourth-order valence-electron chi connectivity index (χ4n) is 1.74. The van der Waals surface area contributed by atoms with Crippen LogP contribution in [0.1, 0.15) is 65.2 Å². The predicted octanol–water partition coefficient (Wildman–Crippen LogP) is 3.57. The average molecular weight is 312 g/mol. The molecule has 0 aromatic heterocycles. The lowest BCUT2D eigenvalue weighted by Crippen LogP contribution is -2.16. The van der Waals surface area contributed by atoms with Crippen molar-refractivity contribution in [1.29, 1.82) is 0 Å². The molecule has 0 amide bonds. The van der Waals surface area contributed by atoms with Crippen LogP contribution in [0.5, 0.6) is 0 Å². The van der Waals surface area contributed by atoms with E-state index in [4.69, 9.17) is 14.5 Å². The highest BCUT2D eigenvalue weighted by Gasteiger charge is 2.17. The molecule has 0 spiro atoms. The van der Waals surface area contributed by atoms with Gasteiger partial charge in [-0.25, -0.2) is 9.45 Å². The Hall–Kier alpha value is 0.0300. The van der Waals surface area contributed by atoms with E-state index in [1.165, 1.54) is 38.5 Å². The van der Waals surface area contributed by atoms with Crippen LogP contribution in [0.3, 0.4) is 0 Å². The van der Waals surface area contributed by atoms with Gasteiger partial charge in [0, 0.05) is 6.61 Å². The Balaban J connectivity index is 3.21. The summed E-state index contributed by atoms with van der Waals surface area (Å²) in [4.78, 5) is 21.4. The van der Waals surface area contributed by atoms with Crippen LogP contribution in [0.15, 0.2) is 0 Å². The van der Waals surface area contributed by atoms with Crippen molar-refractivity contribution in [3.05, 3.63) is 0 Å². The summed E-state index contributed by atoms with van der Waals surface area (Å²) in [6.45, 7) is 4.74. The monoisotopic (exact) mass is 312 g/mol. The van der Waals surface area contributed by atoms with Gasteiger partial charge in [0.05, 0.1) is 6.61 Å². The van der Waals surface area contributed by atoms with Crippen LogP contribution in [-0.2, 0) is 18.9 Å². The molecule has 0 aliphatic heterocycles. The Bertz CT molecular complexity index is 255. The minimum Gasteiger partial charge on any atom is -0.379 e. The Morgan fingerprint density at radius 2 is 1.55 bits per heavy atom. The van der Waals surface area contributed by atoms with E-state index in [2.05, 4.69) is 16.5 Å². The Morgan fingerprint density at radius 1 is 1.00 bits per heavy atom. The molecule has 2 N–H and O–H groups in total. The third-order valence-electron chi connectivity index (χ3n) is 2.80. The Labute approximate surface area is 122 Å². The fraction of sp³-hybridized carbons (Fsp3) is 1.00. The van der Waals surface area contributed by atoms with Gasteiger partial charge in [0.2, 0.25) is 0 Å². The number of phosphoric acid groups is 1. The normalized spacial score (nSPS) is 13.6. The van der Waals surface area contributed by atoms with Crippen molar-refractivity contribution in [2.75, 3.05) is 13.2 Å². The van der Waals surface area contributed by atoms with Crippen LogP contribution in [0, 0.1) is 0 Å². The zero-order valence-electron chi connectivity index (χ0n) is 12.6. The second-order valence-corrected chi connectivity index (χ2v) is 6.15. The maximum atomic E-state index is 10.4. The van der Waals surface area contributed by atoms with Gasteiger partial charge in [0.15, 0.2) is 0 Å². The summed E-state index contributed by atoms with van der Waals surface area (Å²) >= 11 is 0. The van der Waals surface area contributed by atoms with Gasteiger partial charge in [-0.15, -0.1) is 4.67 Å². The van der Waals surface area contributed by atoms with Crippen LogP contribution in [0.4, 0.5) is 0 Å². The van der Waals surface area contributed by atoms with E-state index in [0.29, 0.717) is 6.61 Å². The molecule has 0 heterocycles. The van der Waals surface area contributed by atoms with Crippen LogP contribution < -0.4 is 0 Å². The number of unbranched alkanes of at least 4 members (excludes halogenated alkanes) is 7. The fourth-order valence-corrected chi connectivity index (χ4v) is 2.00. The van der Waals surface area contributed by atoms with Crippen molar-refractivity contribution in [2.45, 2.75) is 71.3 Å². The van der Waals surface area contributed by atoms with E-state index in [1.54, 1.807) is 6.92 Å². The minimum absolute atomic E-state index is 0.260. The summed E-state index contributed by atoms with van der Waals surface area (Å²) in [5, 5.41) is 0. The van der Waals surface area contributed by atoms with Crippen molar-refractivity contribution in [2.24, 2.45) is 0 Å². The number of hydrogen-bond acceptors (Lipinski definition) is 4. The molecule has 7 heteroatoms. The Kier molecular flexibility index (Phi) is 12.8. The average Bonchev–Trinajstić information content (AvgIpc) is 2.38. The van der Waals surface area contributed by atoms with E-state index in [0.717, 1.165) is 12.8 Å². The first-order valence-corrected chi connectivity index (χ1v) is 8.97. The van der Waals surface area contributed by atoms with E-state index < -0.39 is 13.9 Å². The first-order chi connectivity index (χ1) is 9.45. The van der Waals surface area contributed by atoms with Crippen molar-refractivity contribution >= 4 is 7.82 Å². The molecular formula is C13H29O6P. The molecule has 122 valence electrons. The van der Waals surface area contributed by atoms with Gasteiger partial charge in [0.25, 0.3) is 0 Å². The molecule has 0 saturated carbocycles. The van der Waals surface area contributed by atoms with Gasteiger partial charge in [-0.05, 0) is 13.3 Å². The highest BCUT2D eigenvalue weighted by molar-refractivity contribution is 7.46. The quantitative estimate of drug-likeness (QED) is 0.221. The molecular weight excluding hydrogens is 283 g/mol. The predicted molar refractivity (Wildman–Crippen MR) is 77.1 cm³/mol. The molecule has 20 heavy (non-hydrogen) atoms. The second kappa shape index (κ2) is 12.7. The standard InChI is InChI=1S/C13H29O6P/c1-3-4-5-6-7-8-9-10-11-17-12-13(2)18-19-20(14,15)16/h13H,3-12H2,1-2H3,(H2,14,15,16). The van der Waals surface area contributed by atoms with Crippen molar-refractivity contribution in [3.63, 3.8) is 0 Å². The van der Waals surface area contributed by atoms with Crippen LogP contribution >= 0.6 is 7.82 Å². The molecule has 0 aliphatic carbocycles. The smallest absolute Gasteiger partial charge is 0.379 e. The van der Waals surface area contributed by atoms with Gasteiger partial charge in [0.1, 0.15) is 6.10 Å². The number of ether oxygens (including phenoxy) is 1. The molecule has 0 aliphatic rings. The zero-order valence-corrected chi connectivity index (χ0v) is 13.5. The third kappa shape index (κ3) is 16.1. The lowest BCUT2D eigenvalue weighted by atomic mass is 10.1. The molecule has 6 nitrogen and oxygen atoms in total. The van der Waals surface area contributed by atoms with E-state index >= 15 is 0 Å². The van der Waals surface area contributed by atoms with E-state index in [1.807, 2.05) is 0 Å². The van der Waals surface area contributed by atoms with Gasteiger partial charge < -0.3 is 14.5 Å². The first kappa shape index (κ1) is 20.0. The molecule has 0 fully saturated rings. The molecule has 0 aromatic carbocycles. The highest BCUT2D eigenvalue weighted by Crippen LogP contribution is 2.36. The van der Waals surface area contributed by atoms with Gasteiger partial charge >= 0.3 is 7.82 Å². The van der Waals surface area contributed by atoms with E-state index in [9.17, 15) is 4.57 Å². The molecule has 0 rings (SSSR count). The largest absolute Gasteiger partial charge is 0.496 e. The van der Waals surface area contributed by atoms with Crippen molar-refractivity contribution < 1.29 is 28.7 Å². The molecule has 0 saturated heterocycles. The minimum atomic E-state index is -4.56. The summed E-state index contributed by atoms with van der Waals surface area (Å²) in [6, 6.07) is 0. The summed E-state index contributed by atoms with van der Waals surface area (Å²) in [5.41, 5.74) is 0. The Morgan fingerprint density at radius 3 is 2.10 bits per heavy atom. The second-order valence-electron chi connectivity index (χ2n) is 5.02. The molecule has 1 unspecified atom stereocenters. The van der Waals surface area contributed by atoms with Crippen LogP contribution in [0.25, 0.3) is 0 Å². The third-order valence-corrected chi connectivity index (χ3v) is 3.08. The SMILES string of the molecule is CCCCCCCCCCOCC(C)OOP(=O)(O)O. The maximum absolute atomic E-state index is 10.4. The van der Waals surface area contributed by atoms with Crippen molar-refractivity contribution in [3.8, 4) is 0 Å². The molecule has 1 atom stereocenters. The summed E-state index contributed by atoms with van der Waals surface area (Å²) in [5.74, 6) is 0. The lowest BCUT2D eigenvalue weighted by molar-refractivity contribution is -0.262. The number of hydrogen-bond donors (Lipinski definition) is 2. The summed E-state index contributed by atoms with van der Waals surface area (Å²) in [7, 11) is -4.56. The van der Waals surface area contributed by atoms with E-state index in [-0.39, 0.29) is 6.61 Å². The van der Waals surface area contributed by atoms with Gasteiger partial charge in [-0.3, -0.25) is 0 Å². The van der Waals surface area contributed by atoms with Gasteiger partial charge in [-0.1, -0.05) is 51.9 Å². The molecule has 0 aromatic rings. The van der Waals surface area contributed by atoms with Crippen LogP contribution in [0.2, 0.25) is 0 Å². The highest BCUT2D eigenvalue weighted by atomic mass is 31.2. The zero-order chi connectivity index (χ0) is 15.3. The molecule has 0 bridgehead atoms. The molecule has 0 radical (unpaired) electrons. The number of rotatable bonds is 14. The maximum Gasteiger partial charge on any atom is 0.496 e. The van der Waals surface area contributed by atoms with Crippen LogP contribution in [-0.4, -0.2) is 29.1 Å². The first-order valence-electron chi connectivity index (χ1n) is 7.44. The summed E-state index contributed by atoms with van der Waals surface area (Å²) in [6.07, 6.45) is 9.44. The summed E-state index contributed by atoms with van der Waals surface area (Å²) < 4.78 is 19.7. The van der Waals surface area contributed by atoms with Crippen molar-refractivity contribution in [1.82, 2.24) is 0 Å². The van der Waals surface area contributed by atoms with Gasteiger partial charge in [-0.2, -0.15) is 0 Å². The topological polar surface area (TPSA) is 85.2 Å².